The van der Waals surface area contributed by atoms with Gasteiger partial charge in [0.15, 0.2) is 0 Å². The molecule has 5 nitrogen and oxygen atoms in total. The smallest absolute Gasteiger partial charge is 0.303 e. The van der Waals surface area contributed by atoms with Crippen LogP contribution in [0.3, 0.4) is 0 Å². The number of thioether (sulfide) groups is 1. The van der Waals surface area contributed by atoms with Gasteiger partial charge in [0.1, 0.15) is 12.4 Å². The van der Waals surface area contributed by atoms with Crippen LogP contribution in [-0.4, -0.2) is 21.8 Å². The fourth-order valence-corrected chi connectivity index (χ4v) is 4.27. The molecule has 1 atom stereocenters. The van der Waals surface area contributed by atoms with Gasteiger partial charge in [-0.1, -0.05) is 35.9 Å². The first-order chi connectivity index (χ1) is 14.5. The van der Waals surface area contributed by atoms with E-state index in [0.29, 0.717) is 36.0 Å². The van der Waals surface area contributed by atoms with Gasteiger partial charge >= 0.3 is 5.97 Å². The molecule has 154 valence electrons. The Kier molecular flexibility index (Phi) is 7.95. The minimum absolute atomic E-state index is 0.0201. The van der Waals surface area contributed by atoms with Crippen molar-refractivity contribution in [3.8, 4) is 11.8 Å². The Hall–Kier alpha value is -2.75. The number of benzene rings is 2. The average molecular weight is 441 g/mol. The van der Waals surface area contributed by atoms with Gasteiger partial charge in [0.2, 0.25) is 0 Å². The van der Waals surface area contributed by atoms with Crippen LogP contribution in [0.5, 0.6) is 5.75 Å². The van der Waals surface area contributed by atoms with Crippen molar-refractivity contribution in [3.05, 3.63) is 70.9 Å². The molecule has 0 saturated heterocycles. The van der Waals surface area contributed by atoms with Crippen LogP contribution in [-0.2, 0) is 11.4 Å². The van der Waals surface area contributed by atoms with Crippen LogP contribution in [0.25, 0.3) is 10.9 Å². The Morgan fingerprint density at radius 3 is 2.87 bits per heavy atom. The summed E-state index contributed by atoms with van der Waals surface area (Å²) < 4.78 is 5.93. The molecule has 0 aliphatic rings. The number of carboxylic acids is 1. The second kappa shape index (κ2) is 10.9. The van der Waals surface area contributed by atoms with Gasteiger partial charge in [-0.15, -0.1) is 0 Å². The van der Waals surface area contributed by atoms with Crippen LogP contribution in [0, 0.1) is 11.3 Å². The number of pyridine rings is 1. The Bertz CT molecular complexity index is 1070. The highest BCUT2D eigenvalue weighted by Gasteiger charge is 2.13. The van der Waals surface area contributed by atoms with Crippen LogP contribution in [0.15, 0.2) is 54.6 Å². The molecule has 3 rings (SSSR count). The number of carboxylic acid groups (broad SMARTS) is 1. The average Bonchev–Trinajstić information content (AvgIpc) is 2.74. The molecule has 7 heteroatoms. The van der Waals surface area contributed by atoms with Crippen molar-refractivity contribution in [1.82, 2.24) is 4.98 Å². The van der Waals surface area contributed by atoms with E-state index in [1.54, 1.807) is 11.8 Å². The quantitative estimate of drug-likeness (QED) is 0.388. The molecule has 0 radical (unpaired) electrons. The predicted molar refractivity (Wildman–Crippen MR) is 120 cm³/mol. The van der Waals surface area contributed by atoms with Crippen LogP contribution in [0.4, 0.5) is 0 Å². The zero-order chi connectivity index (χ0) is 21.3. The molecule has 1 heterocycles. The first-order valence-electron chi connectivity index (χ1n) is 9.53. The van der Waals surface area contributed by atoms with Crippen molar-refractivity contribution in [2.24, 2.45) is 0 Å². The summed E-state index contributed by atoms with van der Waals surface area (Å²) >= 11 is 7.65. The summed E-state index contributed by atoms with van der Waals surface area (Å²) in [5.74, 6) is 0.592. The van der Waals surface area contributed by atoms with E-state index >= 15 is 0 Å². The number of carbonyl (C=O) groups is 1. The van der Waals surface area contributed by atoms with E-state index in [9.17, 15) is 4.79 Å². The Labute approximate surface area is 184 Å². The lowest BCUT2D eigenvalue weighted by Gasteiger charge is -2.15. The third-order valence-electron chi connectivity index (χ3n) is 4.46. The van der Waals surface area contributed by atoms with Crippen LogP contribution >= 0.6 is 23.4 Å². The number of fused-ring (bicyclic) bond motifs is 1. The monoisotopic (exact) mass is 440 g/mol. The maximum atomic E-state index is 10.7. The molecular formula is C23H21ClN2O3S. The molecular weight excluding hydrogens is 420 g/mol. The second-order valence-electron chi connectivity index (χ2n) is 6.72. The van der Waals surface area contributed by atoms with Crippen LogP contribution in [0.2, 0.25) is 5.02 Å². The van der Waals surface area contributed by atoms with Crippen molar-refractivity contribution in [3.63, 3.8) is 0 Å². The van der Waals surface area contributed by atoms with Crippen molar-refractivity contribution < 1.29 is 14.6 Å². The first kappa shape index (κ1) is 21.9. The third-order valence-corrected chi connectivity index (χ3v) is 6.06. The normalized spacial score (nSPS) is 11.7. The summed E-state index contributed by atoms with van der Waals surface area (Å²) in [4.78, 5) is 15.3. The maximum absolute atomic E-state index is 10.7. The van der Waals surface area contributed by atoms with E-state index in [0.717, 1.165) is 22.2 Å². The lowest BCUT2D eigenvalue weighted by Crippen LogP contribution is -2.01. The molecule has 0 amide bonds. The molecule has 0 aliphatic carbocycles. The van der Waals surface area contributed by atoms with E-state index in [2.05, 4.69) is 11.1 Å². The Balaban J connectivity index is 1.65. The number of rotatable bonds is 10. The zero-order valence-corrected chi connectivity index (χ0v) is 17.8. The standard InChI is InChI=1S/C23H21ClN2O3S/c24-18-8-6-16-7-9-19(26-21(16)14-18)15-29-20-4-1-3-17(13-20)22(10-11-25)30-12-2-5-23(27)28/h1,3-4,6-9,13-14,22H,2,5,10,12,15H2,(H,27,28). The summed E-state index contributed by atoms with van der Waals surface area (Å²) in [5, 5.41) is 19.6. The second-order valence-corrected chi connectivity index (χ2v) is 8.47. The molecule has 0 aliphatic heterocycles. The summed E-state index contributed by atoms with van der Waals surface area (Å²) in [6.07, 6.45) is 1.07. The minimum atomic E-state index is -0.799. The molecule has 0 spiro atoms. The molecule has 0 fully saturated rings. The molecule has 1 unspecified atom stereocenters. The summed E-state index contributed by atoms with van der Waals surface area (Å²) in [7, 11) is 0. The van der Waals surface area contributed by atoms with E-state index in [1.165, 1.54) is 0 Å². The molecule has 2 aromatic carbocycles. The van der Waals surface area contributed by atoms with Gasteiger partial charge in [0.25, 0.3) is 0 Å². The summed E-state index contributed by atoms with van der Waals surface area (Å²) in [6.45, 7) is 0.320. The number of hydrogen-bond acceptors (Lipinski definition) is 5. The van der Waals surface area contributed by atoms with Gasteiger partial charge in [-0.3, -0.25) is 4.79 Å². The van der Waals surface area contributed by atoms with Crippen molar-refractivity contribution in [2.75, 3.05) is 5.75 Å². The molecule has 30 heavy (non-hydrogen) atoms. The fraction of sp³-hybridized carbons (Fsp3) is 0.261. The maximum Gasteiger partial charge on any atom is 0.303 e. The SMILES string of the molecule is N#CCC(SCCCC(=O)O)c1cccc(OCc2ccc3ccc(Cl)cc3n2)c1. The number of hydrogen-bond donors (Lipinski definition) is 1. The fourth-order valence-electron chi connectivity index (χ4n) is 2.98. The van der Waals surface area contributed by atoms with Gasteiger partial charge in [-0.2, -0.15) is 17.0 Å². The molecule has 1 aromatic heterocycles. The highest BCUT2D eigenvalue weighted by atomic mass is 35.5. The third kappa shape index (κ3) is 6.38. The summed E-state index contributed by atoms with van der Waals surface area (Å²) in [5.41, 5.74) is 2.61. The van der Waals surface area contributed by atoms with E-state index in [4.69, 9.17) is 26.7 Å². The molecule has 0 bridgehead atoms. The topological polar surface area (TPSA) is 83.2 Å². The van der Waals surface area contributed by atoms with Crippen molar-refractivity contribution >= 4 is 40.2 Å². The Morgan fingerprint density at radius 1 is 1.23 bits per heavy atom. The predicted octanol–water partition coefficient (Wildman–Crippen LogP) is 6.02. The van der Waals surface area contributed by atoms with Gasteiger partial charge in [-0.05, 0) is 48.1 Å². The van der Waals surface area contributed by atoms with Crippen molar-refractivity contribution in [2.45, 2.75) is 31.1 Å². The molecule has 1 N–H and O–H groups in total. The van der Waals surface area contributed by atoms with Gasteiger partial charge in [0, 0.05) is 22.1 Å². The van der Waals surface area contributed by atoms with E-state index in [1.807, 2.05) is 54.6 Å². The minimum Gasteiger partial charge on any atom is -0.487 e. The van der Waals surface area contributed by atoms with Crippen LogP contribution < -0.4 is 4.74 Å². The molecule has 3 aromatic rings. The van der Waals surface area contributed by atoms with Gasteiger partial charge < -0.3 is 9.84 Å². The first-order valence-corrected chi connectivity index (χ1v) is 11.0. The van der Waals surface area contributed by atoms with Crippen LogP contribution in [0.1, 0.15) is 35.8 Å². The highest BCUT2D eigenvalue weighted by molar-refractivity contribution is 7.99. The van der Waals surface area contributed by atoms with E-state index < -0.39 is 5.97 Å². The number of aliphatic carboxylic acids is 1. The highest BCUT2D eigenvalue weighted by Crippen LogP contribution is 2.34. The lowest BCUT2D eigenvalue weighted by molar-refractivity contribution is -0.137. The summed E-state index contributed by atoms with van der Waals surface area (Å²) in [6, 6.07) is 19.4. The number of nitrogens with zero attached hydrogens (tertiary/aromatic N) is 2. The zero-order valence-electron chi connectivity index (χ0n) is 16.3. The number of halogens is 1. The largest absolute Gasteiger partial charge is 0.487 e. The van der Waals surface area contributed by atoms with Gasteiger partial charge in [-0.25, -0.2) is 4.98 Å². The number of ether oxygens (including phenoxy) is 1. The van der Waals surface area contributed by atoms with Crippen molar-refractivity contribution in [1.29, 1.82) is 5.26 Å². The molecule has 0 saturated carbocycles. The Morgan fingerprint density at radius 2 is 2.07 bits per heavy atom. The lowest BCUT2D eigenvalue weighted by atomic mass is 10.1. The number of nitriles is 1. The van der Waals surface area contributed by atoms with Gasteiger partial charge in [0.05, 0.1) is 23.7 Å². The number of aromatic nitrogens is 1. The van der Waals surface area contributed by atoms with E-state index in [-0.39, 0.29) is 11.7 Å².